The van der Waals surface area contributed by atoms with Gasteiger partial charge in [0.25, 0.3) is 0 Å². The molecule has 3 N–H and O–H groups in total. The van der Waals surface area contributed by atoms with E-state index in [2.05, 4.69) is 16.0 Å². The van der Waals surface area contributed by atoms with Gasteiger partial charge in [0.05, 0.1) is 7.11 Å². The number of carbonyl (C=O) groups is 5. The van der Waals surface area contributed by atoms with Gasteiger partial charge in [0.15, 0.2) is 0 Å². The van der Waals surface area contributed by atoms with Crippen LogP contribution < -0.4 is 16.0 Å². The third kappa shape index (κ3) is 9.40. The first-order valence-corrected chi connectivity index (χ1v) is 14.5. The van der Waals surface area contributed by atoms with Crippen LogP contribution >= 0.6 is 0 Å². The zero-order chi connectivity index (χ0) is 29.9. The summed E-state index contributed by atoms with van der Waals surface area (Å²) in [6.07, 6.45) is 4.52. The van der Waals surface area contributed by atoms with Crippen molar-refractivity contribution in [1.82, 2.24) is 16.0 Å². The first-order valence-electron chi connectivity index (χ1n) is 14.5. The lowest BCUT2D eigenvalue weighted by molar-refractivity contribution is -0.146. The van der Waals surface area contributed by atoms with Crippen molar-refractivity contribution < 1.29 is 28.7 Å². The Labute approximate surface area is 242 Å². The molecule has 9 nitrogen and oxygen atoms in total. The number of Topliss-reactive ketones (excluding diaryl/α,β-unsaturated/α-hetero) is 1. The van der Waals surface area contributed by atoms with Gasteiger partial charge in [0.1, 0.15) is 23.9 Å². The normalized spacial score (nSPS) is 17.4. The quantitative estimate of drug-likeness (QED) is 0.318. The Kier molecular flexibility index (Phi) is 11.9. The van der Waals surface area contributed by atoms with E-state index in [-0.39, 0.29) is 36.4 Å². The first kappa shape index (κ1) is 31.8. The molecule has 2 aromatic rings. The average molecular weight is 566 g/mol. The lowest BCUT2D eigenvalue weighted by Crippen LogP contribution is -2.56. The maximum Gasteiger partial charge on any atom is 0.328 e. The molecule has 1 fully saturated rings. The second-order valence-corrected chi connectivity index (χ2v) is 11.4. The second kappa shape index (κ2) is 15.3. The van der Waals surface area contributed by atoms with Gasteiger partial charge in [-0.25, -0.2) is 4.79 Å². The summed E-state index contributed by atoms with van der Waals surface area (Å²) in [6.45, 7) is 5.21. The standard InChI is InChI=1S/C32H43N3O6/c1-20(2)18-27(30(38)34-26(32(40)41-4)17-16-23-11-6-8-15-29(23)37)35-31(39)28(33-21(3)36)19-24-13-9-12-22-10-5-7-14-25(22)24/h5,7,9-10,12-14,20,23,26-28H,6,8,11,15-19H2,1-4H3,(H,33,36)(H,34,38)(H,35,39)/t23-,26-,27-,28-/m0/s1. The van der Waals surface area contributed by atoms with Crippen molar-refractivity contribution in [1.29, 1.82) is 0 Å². The summed E-state index contributed by atoms with van der Waals surface area (Å²) in [6, 6.07) is 10.8. The molecule has 3 rings (SSSR count). The molecule has 1 saturated carbocycles. The number of ether oxygens (including phenoxy) is 1. The highest BCUT2D eigenvalue weighted by molar-refractivity contribution is 5.94. The van der Waals surface area contributed by atoms with Crippen molar-refractivity contribution in [2.75, 3.05) is 7.11 Å². The fourth-order valence-electron chi connectivity index (χ4n) is 5.51. The topological polar surface area (TPSA) is 131 Å². The van der Waals surface area contributed by atoms with Crippen LogP contribution in [0.4, 0.5) is 0 Å². The number of esters is 1. The number of nitrogens with one attached hydrogen (secondary N) is 3. The van der Waals surface area contributed by atoms with Crippen LogP contribution in [0.15, 0.2) is 42.5 Å². The number of rotatable bonds is 13. The molecule has 9 heteroatoms. The largest absolute Gasteiger partial charge is 0.467 e. The number of hydrogen-bond donors (Lipinski definition) is 3. The molecule has 0 aliphatic heterocycles. The molecule has 0 spiro atoms. The van der Waals surface area contributed by atoms with Gasteiger partial charge in [0.2, 0.25) is 17.7 Å². The van der Waals surface area contributed by atoms with Gasteiger partial charge in [-0.2, -0.15) is 0 Å². The fraction of sp³-hybridized carbons (Fsp3) is 0.531. The van der Waals surface area contributed by atoms with E-state index >= 15 is 0 Å². The van der Waals surface area contributed by atoms with Crippen molar-refractivity contribution in [3.05, 3.63) is 48.0 Å². The highest BCUT2D eigenvalue weighted by Crippen LogP contribution is 2.25. The third-order valence-electron chi connectivity index (χ3n) is 7.63. The smallest absolute Gasteiger partial charge is 0.328 e. The summed E-state index contributed by atoms with van der Waals surface area (Å²) >= 11 is 0. The maximum absolute atomic E-state index is 13.5. The minimum Gasteiger partial charge on any atom is -0.467 e. The van der Waals surface area contributed by atoms with Gasteiger partial charge in [-0.3, -0.25) is 19.2 Å². The fourth-order valence-corrected chi connectivity index (χ4v) is 5.51. The average Bonchev–Trinajstić information content (AvgIpc) is 2.94. The minimum absolute atomic E-state index is 0.0553. The van der Waals surface area contributed by atoms with E-state index < -0.39 is 35.9 Å². The van der Waals surface area contributed by atoms with Crippen LogP contribution in [-0.4, -0.2) is 54.7 Å². The molecule has 41 heavy (non-hydrogen) atoms. The lowest BCUT2D eigenvalue weighted by atomic mass is 9.84. The van der Waals surface area contributed by atoms with E-state index in [0.29, 0.717) is 19.3 Å². The van der Waals surface area contributed by atoms with E-state index in [4.69, 9.17) is 4.74 Å². The molecule has 3 amide bonds. The van der Waals surface area contributed by atoms with E-state index in [1.54, 1.807) is 0 Å². The Morgan fingerprint density at radius 2 is 1.59 bits per heavy atom. The molecule has 2 aromatic carbocycles. The van der Waals surface area contributed by atoms with Crippen LogP contribution in [-0.2, 0) is 35.1 Å². The summed E-state index contributed by atoms with van der Waals surface area (Å²) in [5.74, 6) is -1.82. The number of fused-ring (bicyclic) bond motifs is 1. The van der Waals surface area contributed by atoms with Crippen LogP contribution in [0.25, 0.3) is 10.8 Å². The van der Waals surface area contributed by atoms with Gasteiger partial charge in [-0.15, -0.1) is 0 Å². The number of hydrogen-bond acceptors (Lipinski definition) is 6. The van der Waals surface area contributed by atoms with Gasteiger partial charge in [0, 0.05) is 25.7 Å². The van der Waals surface area contributed by atoms with Crippen LogP contribution in [0.1, 0.15) is 71.3 Å². The molecule has 1 aliphatic carbocycles. The predicted octanol–water partition coefficient (Wildman–Crippen LogP) is 3.62. The highest BCUT2D eigenvalue weighted by Gasteiger charge is 2.32. The molecule has 0 aromatic heterocycles. The molecule has 0 heterocycles. The van der Waals surface area contributed by atoms with Crippen molar-refractivity contribution in [2.24, 2.45) is 11.8 Å². The summed E-state index contributed by atoms with van der Waals surface area (Å²) in [4.78, 5) is 63.9. The second-order valence-electron chi connectivity index (χ2n) is 11.4. The van der Waals surface area contributed by atoms with E-state index in [1.807, 2.05) is 56.3 Å². The molecule has 0 saturated heterocycles. The Morgan fingerprint density at radius 3 is 2.27 bits per heavy atom. The summed E-state index contributed by atoms with van der Waals surface area (Å²) < 4.78 is 4.93. The van der Waals surface area contributed by atoms with E-state index in [1.165, 1.54) is 14.0 Å². The van der Waals surface area contributed by atoms with Crippen LogP contribution in [0.2, 0.25) is 0 Å². The molecular formula is C32H43N3O6. The predicted molar refractivity (Wildman–Crippen MR) is 157 cm³/mol. The van der Waals surface area contributed by atoms with Crippen molar-refractivity contribution in [2.45, 2.75) is 90.3 Å². The van der Waals surface area contributed by atoms with Crippen LogP contribution in [0, 0.1) is 11.8 Å². The van der Waals surface area contributed by atoms with Crippen LogP contribution in [0.3, 0.4) is 0 Å². The Bertz CT molecular complexity index is 1240. The van der Waals surface area contributed by atoms with E-state index in [0.717, 1.165) is 35.6 Å². The van der Waals surface area contributed by atoms with Gasteiger partial charge in [-0.1, -0.05) is 62.7 Å². The molecule has 4 atom stereocenters. The van der Waals surface area contributed by atoms with E-state index in [9.17, 15) is 24.0 Å². The number of methoxy groups -OCH3 is 1. The maximum atomic E-state index is 13.5. The molecular weight excluding hydrogens is 522 g/mol. The van der Waals surface area contributed by atoms with Gasteiger partial charge in [-0.05, 0) is 54.4 Å². The Hall–Kier alpha value is -3.75. The molecule has 1 aliphatic rings. The monoisotopic (exact) mass is 565 g/mol. The minimum atomic E-state index is -0.935. The lowest BCUT2D eigenvalue weighted by Gasteiger charge is -2.27. The number of benzene rings is 2. The molecule has 0 unspecified atom stereocenters. The number of carbonyl (C=O) groups excluding carboxylic acids is 5. The zero-order valence-electron chi connectivity index (χ0n) is 24.5. The van der Waals surface area contributed by atoms with Gasteiger partial charge >= 0.3 is 5.97 Å². The highest BCUT2D eigenvalue weighted by atomic mass is 16.5. The van der Waals surface area contributed by atoms with Gasteiger partial charge < -0.3 is 20.7 Å². The Morgan fingerprint density at radius 1 is 0.902 bits per heavy atom. The molecule has 222 valence electrons. The summed E-state index contributed by atoms with van der Waals surface area (Å²) in [5, 5.41) is 10.3. The van der Waals surface area contributed by atoms with Crippen LogP contribution in [0.5, 0.6) is 0 Å². The number of ketones is 1. The summed E-state index contributed by atoms with van der Waals surface area (Å²) in [5.41, 5.74) is 0.893. The summed E-state index contributed by atoms with van der Waals surface area (Å²) in [7, 11) is 1.26. The SMILES string of the molecule is COC(=O)[C@H](CC[C@@H]1CCCCC1=O)NC(=O)[C@H](CC(C)C)NC(=O)[C@H](Cc1cccc2ccccc12)NC(C)=O. The van der Waals surface area contributed by atoms with Crippen molar-refractivity contribution >= 4 is 40.2 Å². The first-order chi connectivity index (χ1) is 19.6. The van der Waals surface area contributed by atoms with Crippen molar-refractivity contribution in [3.63, 3.8) is 0 Å². The third-order valence-corrected chi connectivity index (χ3v) is 7.63. The molecule has 0 radical (unpaired) electrons. The molecule has 0 bridgehead atoms. The zero-order valence-corrected chi connectivity index (χ0v) is 24.5. The van der Waals surface area contributed by atoms with Crippen molar-refractivity contribution in [3.8, 4) is 0 Å². The number of amides is 3. The Balaban J connectivity index is 1.75.